The van der Waals surface area contributed by atoms with Gasteiger partial charge in [0.25, 0.3) is 5.56 Å². The smallest absolute Gasteiger partial charge is 0.371 e. The quantitative estimate of drug-likeness (QED) is 0.482. The zero-order valence-electron chi connectivity index (χ0n) is 12.4. The standard InChI is InChI=1S/C17H16BrN3O2/c18-12-6-4-11(5-7-12)17(8-2-9-17)16(19)21-15(23)13-3-1-10-20-14(13)22/h1,3-7,10H,2,8-9H2,(H,20,22)(H2,19,21,23)/p+1. The highest BCUT2D eigenvalue weighted by atomic mass is 79.9. The van der Waals surface area contributed by atoms with Gasteiger partial charge in [-0.25, -0.2) is 0 Å². The van der Waals surface area contributed by atoms with E-state index in [1.54, 1.807) is 12.1 Å². The van der Waals surface area contributed by atoms with Gasteiger partial charge in [0, 0.05) is 10.7 Å². The summed E-state index contributed by atoms with van der Waals surface area (Å²) >= 11 is 3.42. The van der Waals surface area contributed by atoms with Crippen LogP contribution in [0.2, 0.25) is 0 Å². The monoisotopic (exact) mass is 374 g/mol. The number of benzene rings is 1. The predicted molar refractivity (Wildman–Crippen MR) is 94.6 cm³/mol. The number of H-pyrrole nitrogens is 1. The summed E-state index contributed by atoms with van der Waals surface area (Å²) in [5.41, 5.74) is 0.424. The predicted octanol–water partition coefficient (Wildman–Crippen LogP) is 2.71. The molecule has 4 N–H and O–H groups in total. The number of nitrogens with one attached hydrogen (secondary N) is 2. The Balaban J connectivity index is 1.95. The number of halogens is 1. The molecular formula is C17H17BrN3O2+. The van der Waals surface area contributed by atoms with Crippen molar-refractivity contribution in [3.05, 3.63) is 68.5 Å². The molecule has 0 bridgehead atoms. The van der Waals surface area contributed by atoms with Crippen LogP contribution in [-0.4, -0.2) is 21.8 Å². The lowest BCUT2D eigenvalue weighted by Crippen LogP contribution is -2.41. The van der Waals surface area contributed by atoms with Crippen molar-refractivity contribution < 1.29 is 5.11 Å². The highest BCUT2D eigenvalue weighted by molar-refractivity contribution is 9.10. The molecule has 23 heavy (non-hydrogen) atoms. The molecule has 1 fully saturated rings. The average Bonchev–Trinajstić information content (AvgIpc) is 2.48. The first-order chi connectivity index (χ1) is 11.0. The van der Waals surface area contributed by atoms with Crippen LogP contribution in [0.1, 0.15) is 30.4 Å². The molecule has 0 amide bonds. The van der Waals surface area contributed by atoms with Crippen molar-refractivity contribution in [2.75, 3.05) is 0 Å². The van der Waals surface area contributed by atoms with Crippen molar-refractivity contribution in [2.45, 2.75) is 24.7 Å². The number of aromatic amines is 1. The fourth-order valence-corrected chi connectivity index (χ4v) is 3.11. The van der Waals surface area contributed by atoms with Crippen LogP contribution in [0, 0.1) is 5.41 Å². The van der Waals surface area contributed by atoms with Gasteiger partial charge in [-0.2, -0.15) is 0 Å². The Bertz CT molecular complexity index is 820. The van der Waals surface area contributed by atoms with Crippen LogP contribution in [0.25, 0.3) is 0 Å². The summed E-state index contributed by atoms with van der Waals surface area (Å²) in [5.74, 6) is -0.0143. The van der Waals surface area contributed by atoms with E-state index in [-0.39, 0.29) is 22.9 Å². The topological polar surface area (TPSA) is 92.0 Å². The van der Waals surface area contributed by atoms with Gasteiger partial charge in [0.15, 0.2) is 5.56 Å². The fraction of sp³-hybridized carbons (Fsp3) is 0.235. The zero-order valence-corrected chi connectivity index (χ0v) is 14.0. The highest BCUT2D eigenvalue weighted by Crippen LogP contribution is 2.45. The highest BCUT2D eigenvalue weighted by Gasteiger charge is 2.43. The molecule has 6 heteroatoms. The maximum Gasteiger partial charge on any atom is 0.371 e. The number of hydrogen-bond donors (Lipinski definition) is 2. The number of aromatic nitrogens is 1. The minimum absolute atomic E-state index is 0.152. The summed E-state index contributed by atoms with van der Waals surface area (Å²) in [7, 11) is 0. The molecule has 3 rings (SSSR count). The molecule has 0 saturated heterocycles. The Labute approximate surface area is 141 Å². The van der Waals surface area contributed by atoms with Gasteiger partial charge in [-0.15, -0.1) is 4.99 Å². The molecule has 5 nitrogen and oxygen atoms in total. The van der Waals surface area contributed by atoms with E-state index in [4.69, 9.17) is 10.5 Å². The molecule has 0 radical (unpaired) electrons. The number of pyridine rings is 1. The van der Waals surface area contributed by atoms with Gasteiger partial charge in [-0.3, -0.25) is 10.2 Å². The Morgan fingerprint density at radius 3 is 2.52 bits per heavy atom. The number of aliphatic imine (C=N–C) groups is 1. The number of nitrogens with zero attached hydrogens (tertiary/aromatic N) is 1. The van der Waals surface area contributed by atoms with Crippen LogP contribution in [0.15, 0.2) is 56.9 Å². The van der Waals surface area contributed by atoms with Crippen LogP contribution in [0.4, 0.5) is 0 Å². The molecule has 1 aliphatic carbocycles. The molecule has 1 aromatic carbocycles. The maximum atomic E-state index is 11.8. The summed E-state index contributed by atoms with van der Waals surface area (Å²) in [6.07, 6.45) is 4.23. The normalized spacial score (nSPS) is 16.7. The molecule has 0 unspecified atom stereocenters. The molecule has 1 aromatic heterocycles. The fourth-order valence-electron chi connectivity index (χ4n) is 2.85. The first kappa shape index (κ1) is 15.7. The Hall–Kier alpha value is -2.21. The van der Waals surface area contributed by atoms with Crippen LogP contribution in [-0.2, 0) is 5.41 Å². The van der Waals surface area contributed by atoms with Crippen LogP contribution in [0.5, 0.6) is 0 Å². The lowest BCUT2D eigenvalue weighted by molar-refractivity contribution is 0.336. The van der Waals surface area contributed by atoms with E-state index >= 15 is 0 Å². The Morgan fingerprint density at radius 1 is 1.26 bits per heavy atom. The van der Waals surface area contributed by atoms with E-state index < -0.39 is 5.41 Å². The molecule has 0 atom stereocenters. The van der Waals surface area contributed by atoms with E-state index in [9.17, 15) is 4.79 Å². The molecule has 2 aromatic rings. The molecule has 1 heterocycles. The van der Waals surface area contributed by atoms with Crippen LogP contribution < -0.4 is 5.56 Å². The molecule has 118 valence electrons. The largest absolute Gasteiger partial charge is 0.578 e. The van der Waals surface area contributed by atoms with E-state index in [0.717, 1.165) is 29.3 Å². The third-order valence-corrected chi connectivity index (χ3v) is 4.88. The molecule has 1 aliphatic rings. The minimum atomic E-state index is -0.436. The first-order valence-electron chi connectivity index (χ1n) is 7.36. The number of amidine groups is 1. The molecule has 1 saturated carbocycles. The van der Waals surface area contributed by atoms with Crippen LogP contribution in [0.3, 0.4) is 0 Å². The average molecular weight is 375 g/mol. The van der Waals surface area contributed by atoms with Gasteiger partial charge in [-0.05, 0) is 42.7 Å². The van der Waals surface area contributed by atoms with Gasteiger partial charge in [0.05, 0.1) is 5.41 Å². The first-order valence-corrected chi connectivity index (χ1v) is 8.16. The van der Waals surface area contributed by atoms with Crippen LogP contribution >= 0.6 is 15.9 Å². The van der Waals surface area contributed by atoms with Gasteiger partial charge in [0.1, 0.15) is 5.84 Å². The zero-order chi connectivity index (χ0) is 16.4. The van der Waals surface area contributed by atoms with Gasteiger partial charge in [-0.1, -0.05) is 34.5 Å². The number of rotatable bonds is 3. The lowest BCUT2D eigenvalue weighted by Gasteiger charge is -2.40. The van der Waals surface area contributed by atoms with Crippen molar-refractivity contribution in [3.63, 3.8) is 0 Å². The second kappa shape index (κ2) is 6.12. The van der Waals surface area contributed by atoms with Crippen molar-refractivity contribution in [3.8, 4) is 0 Å². The second-order valence-electron chi connectivity index (χ2n) is 5.66. The van der Waals surface area contributed by atoms with Crippen molar-refractivity contribution in [1.29, 1.82) is 5.41 Å². The summed E-state index contributed by atoms with van der Waals surface area (Å²) in [6.45, 7) is 0. The van der Waals surface area contributed by atoms with Crippen molar-refractivity contribution in [2.24, 2.45) is 4.99 Å². The van der Waals surface area contributed by atoms with Gasteiger partial charge in [0.2, 0.25) is 0 Å². The summed E-state index contributed by atoms with van der Waals surface area (Å²) in [4.78, 5) is 18.4. The third kappa shape index (κ3) is 2.86. The van der Waals surface area contributed by atoms with E-state index in [1.165, 1.54) is 6.20 Å². The SMILES string of the molecule is N=C(N=C([OH2+])c1ccc[nH]c1=O)C1(c2ccc(Br)cc2)CCC1. The molecular weight excluding hydrogens is 358 g/mol. The minimum Gasteiger partial charge on any atom is -0.578 e. The Kier molecular flexibility index (Phi) is 4.17. The summed E-state index contributed by atoms with van der Waals surface area (Å²) in [6, 6.07) is 11.1. The second-order valence-corrected chi connectivity index (χ2v) is 6.58. The summed E-state index contributed by atoms with van der Waals surface area (Å²) < 4.78 is 0.989. The van der Waals surface area contributed by atoms with Gasteiger partial charge < -0.3 is 10.1 Å². The molecule has 0 spiro atoms. The lowest BCUT2D eigenvalue weighted by atomic mass is 9.63. The van der Waals surface area contributed by atoms with Gasteiger partial charge >= 0.3 is 5.90 Å². The maximum absolute atomic E-state index is 11.8. The van der Waals surface area contributed by atoms with Crippen molar-refractivity contribution in [1.82, 2.24) is 4.98 Å². The third-order valence-electron chi connectivity index (χ3n) is 4.35. The van der Waals surface area contributed by atoms with Crippen molar-refractivity contribution >= 4 is 27.7 Å². The van der Waals surface area contributed by atoms with E-state index in [0.29, 0.717) is 0 Å². The van der Waals surface area contributed by atoms with E-state index in [2.05, 4.69) is 25.9 Å². The Morgan fingerprint density at radius 2 is 1.96 bits per heavy atom. The summed E-state index contributed by atoms with van der Waals surface area (Å²) in [5, 5.41) is 16.4. The number of hydrogen-bond acceptors (Lipinski definition) is 2. The molecule has 0 aliphatic heterocycles. The van der Waals surface area contributed by atoms with E-state index in [1.807, 2.05) is 24.3 Å².